The van der Waals surface area contributed by atoms with Crippen molar-refractivity contribution in [3.63, 3.8) is 0 Å². The maximum Gasteiger partial charge on any atom is 0.338 e. The molecule has 0 N–H and O–H groups in total. The fraction of sp³-hybridized carbons (Fsp3) is 0.158. The van der Waals surface area contributed by atoms with Gasteiger partial charge < -0.3 is 9.15 Å². The van der Waals surface area contributed by atoms with Gasteiger partial charge in [0, 0.05) is 5.39 Å². The number of carbonyl (C=O) groups is 2. The Morgan fingerprint density at radius 1 is 1.00 bits per heavy atom. The number of Topliss-reactive ketones (excluding diaryl/α,β-unsaturated/α-hetero) is 1. The number of aryl methyl sites for hydroxylation is 2. The van der Waals surface area contributed by atoms with E-state index in [0.29, 0.717) is 11.1 Å². The van der Waals surface area contributed by atoms with E-state index in [2.05, 4.69) is 0 Å². The van der Waals surface area contributed by atoms with Crippen LogP contribution < -0.4 is 0 Å². The molecule has 4 heteroatoms. The Hall–Kier alpha value is -2.88. The van der Waals surface area contributed by atoms with Gasteiger partial charge in [0.25, 0.3) is 0 Å². The zero-order chi connectivity index (χ0) is 16.4. The van der Waals surface area contributed by atoms with Gasteiger partial charge in [-0.2, -0.15) is 0 Å². The lowest BCUT2D eigenvalue weighted by atomic mass is 10.1. The first-order valence-electron chi connectivity index (χ1n) is 7.31. The number of hydrogen-bond acceptors (Lipinski definition) is 4. The van der Waals surface area contributed by atoms with Crippen LogP contribution in [0.15, 0.2) is 52.9 Å². The largest absolute Gasteiger partial charge is 0.454 e. The fourth-order valence-electron chi connectivity index (χ4n) is 2.27. The quantitative estimate of drug-likeness (QED) is 0.538. The third-order valence-electron chi connectivity index (χ3n) is 3.78. The van der Waals surface area contributed by atoms with Gasteiger partial charge in [-0.1, -0.05) is 24.3 Å². The Kier molecular flexibility index (Phi) is 3.98. The van der Waals surface area contributed by atoms with Gasteiger partial charge in [0.05, 0.1) is 5.56 Å². The van der Waals surface area contributed by atoms with Crippen LogP contribution in [0.25, 0.3) is 11.0 Å². The highest BCUT2D eigenvalue weighted by atomic mass is 16.5. The maximum absolute atomic E-state index is 12.1. The van der Waals surface area contributed by atoms with E-state index in [1.807, 2.05) is 38.1 Å². The first kappa shape index (κ1) is 15.0. The van der Waals surface area contributed by atoms with Crippen molar-refractivity contribution in [1.82, 2.24) is 0 Å². The molecule has 4 nitrogen and oxygen atoms in total. The zero-order valence-electron chi connectivity index (χ0n) is 13.0. The Morgan fingerprint density at radius 3 is 2.52 bits per heavy atom. The van der Waals surface area contributed by atoms with E-state index in [-0.39, 0.29) is 18.2 Å². The summed E-state index contributed by atoms with van der Waals surface area (Å²) in [5, 5.41) is 0.844. The van der Waals surface area contributed by atoms with Crippen LogP contribution in [0.5, 0.6) is 0 Å². The Morgan fingerprint density at radius 2 is 1.78 bits per heavy atom. The second-order valence-corrected chi connectivity index (χ2v) is 5.45. The van der Waals surface area contributed by atoms with Gasteiger partial charge >= 0.3 is 5.97 Å². The van der Waals surface area contributed by atoms with Crippen molar-refractivity contribution in [3.8, 4) is 0 Å². The smallest absolute Gasteiger partial charge is 0.338 e. The molecule has 0 unspecified atom stereocenters. The highest BCUT2D eigenvalue weighted by molar-refractivity contribution is 6.00. The predicted molar refractivity (Wildman–Crippen MR) is 86.7 cm³/mol. The second-order valence-electron chi connectivity index (χ2n) is 5.45. The summed E-state index contributed by atoms with van der Waals surface area (Å²) in [6, 6.07) is 14.3. The third kappa shape index (κ3) is 3.16. The Bertz CT molecular complexity index is 856. The van der Waals surface area contributed by atoms with Crippen LogP contribution >= 0.6 is 0 Å². The first-order valence-corrected chi connectivity index (χ1v) is 7.31. The molecule has 116 valence electrons. The van der Waals surface area contributed by atoms with Crippen LogP contribution in [0.2, 0.25) is 0 Å². The summed E-state index contributed by atoms with van der Waals surface area (Å²) in [5.41, 5.74) is 3.17. The molecule has 0 saturated heterocycles. The number of ether oxygens (including phenoxy) is 1. The molecule has 0 aliphatic heterocycles. The molecule has 3 rings (SSSR count). The summed E-state index contributed by atoms with van der Waals surface area (Å²) >= 11 is 0. The van der Waals surface area contributed by atoms with Gasteiger partial charge in [-0.05, 0) is 49.2 Å². The summed E-state index contributed by atoms with van der Waals surface area (Å²) in [4.78, 5) is 24.1. The van der Waals surface area contributed by atoms with Crippen LogP contribution in [0.1, 0.15) is 32.0 Å². The summed E-state index contributed by atoms with van der Waals surface area (Å²) in [5.74, 6) is -0.685. The van der Waals surface area contributed by atoms with Crippen LogP contribution in [0.4, 0.5) is 0 Å². The number of esters is 1. The zero-order valence-corrected chi connectivity index (χ0v) is 13.0. The average molecular weight is 308 g/mol. The van der Waals surface area contributed by atoms with Crippen molar-refractivity contribution in [1.29, 1.82) is 0 Å². The lowest BCUT2D eigenvalue weighted by Crippen LogP contribution is -2.14. The lowest BCUT2D eigenvalue weighted by molar-refractivity contribution is 0.0468. The maximum atomic E-state index is 12.1. The van der Waals surface area contributed by atoms with Crippen molar-refractivity contribution in [2.75, 3.05) is 6.61 Å². The summed E-state index contributed by atoms with van der Waals surface area (Å²) in [6.07, 6.45) is 0. The molecule has 0 aliphatic rings. The Labute approximate surface area is 133 Å². The van der Waals surface area contributed by atoms with Crippen LogP contribution in [-0.2, 0) is 4.74 Å². The van der Waals surface area contributed by atoms with E-state index in [4.69, 9.17) is 9.15 Å². The summed E-state index contributed by atoms with van der Waals surface area (Å²) in [7, 11) is 0. The van der Waals surface area contributed by atoms with E-state index in [9.17, 15) is 9.59 Å². The topological polar surface area (TPSA) is 56.5 Å². The molecule has 0 atom stereocenters. The van der Waals surface area contributed by atoms with Crippen molar-refractivity contribution < 1.29 is 18.7 Å². The number of rotatable bonds is 4. The molecule has 2 aromatic carbocycles. The highest BCUT2D eigenvalue weighted by Gasteiger charge is 2.15. The van der Waals surface area contributed by atoms with Gasteiger partial charge in [0.1, 0.15) is 5.58 Å². The minimum Gasteiger partial charge on any atom is -0.454 e. The molecule has 23 heavy (non-hydrogen) atoms. The average Bonchev–Trinajstić information content (AvgIpc) is 2.99. The number of ketones is 1. The van der Waals surface area contributed by atoms with Crippen LogP contribution in [-0.4, -0.2) is 18.4 Å². The molecular weight excluding hydrogens is 292 g/mol. The molecule has 0 spiro atoms. The lowest BCUT2D eigenvalue weighted by Gasteiger charge is -2.05. The van der Waals surface area contributed by atoms with Crippen molar-refractivity contribution >= 4 is 22.7 Å². The van der Waals surface area contributed by atoms with Gasteiger partial charge in [0.2, 0.25) is 5.78 Å². The van der Waals surface area contributed by atoms with Crippen molar-refractivity contribution in [3.05, 3.63) is 71.0 Å². The normalized spacial score (nSPS) is 10.7. The van der Waals surface area contributed by atoms with Gasteiger partial charge in [0.15, 0.2) is 12.4 Å². The Balaban J connectivity index is 1.68. The monoisotopic (exact) mass is 308 g/mol. The number of fused-ring (bicyclic) bond motifs is 1. The molecular formula is C19H16O4. The number of carbonyl (C=O) groups excluding carboxylic acids is 2. The molecule has 0 radical (unpaired) electrons. The number of furan rings is 1. The molecule has 0 saturated carbocycles. The third-order valence-corrected chi connectivity index (χ3v) is 3.78. The summed E-state index contributed by atoms with van der Waals surface area (Å²) in [6.45, 7) is 3.55. The van der Waals surface area contributed by atoms with Gasteiger partial charge in [-0.25, -0.2) is 4.79 Å². The molecule has 0 fully saturated rings. The van der Waals surface area contributed by atoms with Crippen molar-refractivity contribution in [2.45, 2.75) is 13.8 Å². The van der Waals surface area contributed by atoms with Gasteiger partial charge in [-0.3, -0.25) is 4.79 Å². The summed E-state index contributed by atoms with van der Waals surface area (Å²) < 4.78 is 10.5. The molecule has 1 heterocycles. The predicted octanol–water partition coefficient (Wildman–Crippen LogP) is 4.09. The van der Waals surface area contributed by atoms with E-state index < -0.39 is 5.97 Å². The minimum atomic E-state index is -0.516. The SMILES string of the molecule is Cc1ccc(C(=O)OCC(=O)c2cc3ccccc3o2)cc1C. The number of para-hydroxylation sites is 1. The fourth-order valence-corrected chi connectivity index (χ4v) is 2.27. The molecule has 0 aliphatic carbocycles. The van der Waals surface area contributed by atoms with Crippen LogP contribution in [0, 0.1) is 13.8 Å². The number of hydrogen-bond donors (Lipinski definition) is 0. The molecule has 0 bridgehead atoms. The standard InChI is InChI=1S/C19H16O4/c1-12-7-8-15(9-13(12)2)19(21)22-11-16(20)18-10-14-5-3-4-6-17(14)23-18/h3-10H,11H2,1-2H3. The molecule has 3 aromatic rings. The van der Waals surface area contributed by atoms with Crippen LogP contribution in [0.3, 0.4) is 0 Å². The second kappa shape index (κ2) is 6.08. The first-order chi connectivity index (χ1) is 11.0. The number of benzene rings is 2. The molecule has 1 aromatic heterocycles. The van der Waals surface area contributed by atoms with Gasteiger partial charge in [-0.15, -0.1) is 0 Å². The minimum absolute atomic E-state index is 0.194. The molecule has 0 amide bonds. The van der Waals surface area contributed by atoms with E-state index >= 15 is 0 Å². The van der Waals surface area contributed by atoms with E-state index in [1.54, 1.807) is 24.3 Å². The van der Waals surface area contributed by atoms with E-state index in [0.717, 1.165) is 16.5 Å². The highest BCUT2D eigenvalue weighted by Crippen LogP contribution is 2.19. The van der Waals surface area contributed by atoms with Crippen molar-refractivity contribution in [2.24, 2.45) is 0 Å². The van der Waals surface area contributed by atoms with E-state index in [1.165, 1.54) is 0 Å².